The quantitative estimate of drug-likeness (QED) is 0.811. The van der Waals surface area contributed by atoms with Gasteiger partial charge in [0, 0.05) is 23.3 Å². The number of thiophene rings is 1. The van der Waals surface area contributed by atoms with E-state index in [0.29, 0.717) is 6.54 Å². The Hall–Kier alpha value is -0.0900. The minimum Gasteiger partial charge on any atom is -0.395 e. The molecule has 0 unspecified atom stereocenters. The second-order valence-electron chi connectivity index (χ2n) is 2.69. The van der Waals surface area contributed by atoms with Gasteiger partial charge in [-0.3, -0.25) is 4.90 Å². The van der Waals surface area contributed by atoms with E-state index >= 15 is 0 Å². The molecule has 0 spiro atoms. The number of halogens is 1. The molecule has 0 saturated heterocycles. The molecule has 0 saturated carbocycles. The molecule has 0 fully saturated rings. The summed E-state index contributed by atoms with van der Waals surface area (Å²) in [6.07, 6.45) is 0. The van der Waals surface area contributed by atoms with Gasteiger partial charge >= 0.3 is 0 Å². The third-order valence-corrected chi connectivity index (χ3v) is 2.80. The number of nitrogens with zero attached hydrogens (tertiary/aromatic N) is 1. The van der Waals surface area contributed by atoms with E-state index in [1.807, 2.05) is 18.5 Å². The SMILES string of the molecule is CN(CCO)Cc1cc(Cl)cs1. The molecule has 0 aliphatic rings. The van der Waals surface area contributed by atoms with E-state index in [1.165, 1.54) is 4.88 Å². The third kappa shape index (κ3) is 3.11. The monoisotopic (exact) mass is 205 g/mol. The second kappa shape index (κ2) is 4.82. The minimum atomic E-state index is 0.204. The average molecular weight is 206 g/mol. The highest BCUT2D eigenvalue weighted by Gasteiger charge is 2.01. The van der Waals surface area contributed by atoms with Crippen molar-refractivity contribution in [2.45, 2.75) is 6.54 Å². The zero-order valence-corrected chi connectivity index (χ0v) is 8.53. The fourth-order valence-corrected chi connectivity index (χ4v) is 2.10. The first-order valence-electron chi connectivity index (χ1n) is 3.74. The Morgan fingerprint density at radius 2 is 2.42 bits per heavy atom. The maximum absolute atomic E-state index is 8.66. The molecule has 4 heteroatoms. The topological polar surface area (TPSA) is 23.5 Å². The predicted octanol–water partition coefficient (Wildman–Crippen LogP) is 1.83. The largest absolute Gasteiger partial charge is 0.395 e. The highest BCUT2D eigenvalue weighted by atomic mass is 35.5. The molecule has 0 atom stereocenters. The number of aliphatic hydroxyl groups is 1. The summed E-state index contributed by atoms with van der Waals surface area (Å²) in [5.74, 6) is 0. The lowest BCUT2D eigenvalue weighted by Gasteiger charge is -2.12. The summed E-state index contributed by atoms with van der Waals surface area (Å²) >= 11 is 7.41. The third-order valence-electron chi connectivity index (χ3n) is 1.53. The summed E-state index contributed by atoms with van der Waals surface area (Å²) in [6, 6.07) is 1.96. The van der Waals surface area contributed by atoms with Gasteiger partial charge in [0.05, 0.1) is 11.6 Å². The van der Waals surface area contributed by atoms with E-state index in [9.17, 15) is 0 Å². The van der Waals surface area contributed by atoms with Crippen molar-refractivity contribution in [2.24, 2.45) is 0 Å². The summed E-state index contributed by atoms with van der Waals surface area (Å²) in [5, 5.41) is 11.4. The Bertz CT molecular complexity index is 239. The zero-order valence-electron chi connectivity index (χ0n) is 6.96. The maximum atomic E-state index is 8.66. The van der Waals surface area contributed by atoms with Crippen LogP contribution < -0.4 is 0 Å². The average Bonchev–Trinajstić information content (AvgIpc) is 2.36. The molecule has 1 heterocycles. The maximum Gasteiger partial charge on any atom is 0.0558 e. The molecule has 1 aromatic heterocycles. The van der Waals surface area contributed by atoms with Crippen LogP contribution in [0.3, 0.4) is 0 Å². The van der Waals surface area contributed by atoms with E-state index in [2.05, 4.69) is 4.90 Å². The van der Waals surface area contributed by atoms with Gasteiger partial charge in [0.15, 0.2) is 0 Å². The van der Waals surface area contributed by atoms with Crippen LogP contribution in [0.2, 0.25) is 5.02 Å². The Morgan fingerprint density at radius 3 is 2.92 bits per heavy atom. The van der Waals surface area contributed by atoms with Crippen LogP contribution >= 0.6 is 22.9 Å². The fraction of sp³-hybridized carbons (Fsp3) is 0.500. The Balaban J connectivity index is 2.41. The van der Waals surface area contributed by atoms with E-state index in [1.54, 1.807) is 11.3 Å². The van der Waals surface area contributed by atoms with Crippen molar-refractivity contribution in [2.75, 3.05) is 20.2 Å². The molecule has 2 nitrogen and oxygen atoms in total. The molecule has 0 aliphatic carbocycles. The van der Waals surface area contributed by atoms with Crippen molar-refractivity contribution in [1.82, 2.24) is 4.90 Å². The molecule has 1 rings (SSSR count). The number of likely N-dealkylation sites (N-methyl/N-ethyl adjacent to an activating group) is 1. The van der Waals surface area contributed by atoms with Gasteiger partial charge in [-0.05, 0) is 13.1 Å². The summed E-state index contributed by atoms with van der Waals surface area (Å²) in [6.45, 7) is 1.77. The number of rotatable bonds is 4. The number of hydrogen-bond donors (Lipinski definition) is 1. The standard InChI is InChI=1S/C8H12ClNOS/c1-10(2-3-11)5-8-4-7(9)6-12-8/h4,6,11H,2-3,5H2,1H3. The molecule has 1 N–H and O–H groups in total. The number of hydrogen-bond acceptors (Lipinski definition) is 3. The van der Waals surface area contributed by atoms with Crippen LogP contribution in [0.25, 0.3) is 0 Å². The van der Waals surface area contributed by atoms with E-state index in [-0.39, 0.29) is 6.61 Å². The van der Waals surface area contributed by atoms with Crippen molar-refractivity contribution in [3.05, 3.63) is 21.3 Å². The molecule has 0 amide bonds. The Morgan fingerprint density at radius 1 is 1.67 bits per heavy atom. The Labute approximate surface area is 81.4 Å². The lowest BCUT2D eigenvalue weighted by atomic mass is 10.4. The van der Waals surface area contributed by atoms with Gasteiger partial charge in [0.25, 0.3) is 0 Å². The first-order chi connectivity index (χ1) is 5.72. The molecule has 12 heavy (non-hydrogen) atoms. The summed E-state index contributed by atoms with van der Waals surface area (Å²) in [4.78, 5) is 3.29. The van der Waals surface area contributed by atoms with E-state index in [4.69, 9.17) is 16.7 Å². The van der Waals surface area contributed by atoms with Crippen LogP contribution in [0.4, 0.5) is 0 Å². The molecule has 1 aromatic rings. The van der Waals surface area contributed by atoms with Gasteiger partial charge in [-0.1, -0.05) is 11.6 Å². The van der Waals surface area contributed by atoms with Gasteiger partial charge in [0.1, 0.15) is 0 Å². The zero-order chi connectivity index (χ0) is 8.97. The van der Waals surface area contributed by atoms with Gasteiger partial charge in [0.2, 0.25) is 0 Å². The lowest BCUT2D eigenvalue weighted by molar-refractivity contribution is 0.218. The van der Waals surface area contributed by atoms with Crippen molar-refractivity contribution in [3.63, 3.8) is 0 Å². The van der Waals surface area contributed by atoms with Gasteiger partial charge in [-0.2, -0.15) is 0 Å². The van der Waals surface area contributed by atoms with E-state index < -0.39 is 0 Å². The van der Waals surface area contributed by atoms with Crippen LogP contribution in [0.5, 0.6) is 0 Å². The fourth-order valence-electron chi connectivity index (χ4n) is 0.953. The summed E-state index contributed by atoms with van der Waals surface area (Å²) in [7, 11) is 1.98. The first kappa shape index (κ1) is 9.99. The summed E-state index contributed by atoms with van der Waals surface area (Å²) in [5.41, 5.74) is 0. The smallest absolute Gasteiger partial charge is 0.0558 e. The molecule has 0 radical (unpaired) electrons. The molecular formula is C8H12ClNOS. The summed E-state index contributed by atoms with van der Waals surface area (Å²) < 4.78 is 0. The van der Waals surface area contributed by atoms with Crippen molar-refractivity contribution < 1.29 is 5.11 Å². The normalized spacial score (nSPS) is 11.0. The minimum absolute atomic E-state index is 0.204. The van der Waals surface area contributed by atoms with Gasteiger partial charge in [-0.15, -0.1) is 11.3 Å². The Kier molecular flexibility index (Phi) is 4.01. The van der Waals surface area contributed by atoms with Crippen molar-refractivity contribution in [3.8, 4) is 0 Å². The molecule has 68 valence electrons. The van der Waals surface area contributed by atoms with Crippen LogP contribution in [-0.2, 0) is 6.54 Å². The highest BCUT2D eigenvalue weighted by Crippen LogP contribution is 2.19. The van der Waals surface area contributed by atoms with Crippen molar-refractivity contribution in [1.29, 1.82) is 0 Å². The van der Waals surface area contributed by atoms with Crippen LogP contribution in [0.1, 0.15) is 4.88 Å². The first-order valence-corrected chi connectivity index (χ1v) is 5.00. The van der Waals surface area contributed by atoms with Gasteiger partial charge in [-0.25, -0.2) is 0 Å². The molecule has 0 bridgehead atoms. The van der Waals surface area contributed by atoms with Gasteiger partial charge < -0.3 is 5.11 Å². The number of aliphatic hydroxyl groups excluding tert-OH is 1. The van der Waals surface area contributed by atoms with E-state index in [0.717, 1.165) is 11.6 Å². The van der Waals surface area contributed by atoms with Crippen LogP contribution in [0.15, 0.2) is 11.4 Å². The van der Waals surface area contributed by atoms with Crippen LogP contribution in [-0.4, -0.2) is 30.2 Å². The second-order valence-corrected chi connectivity index (χ2v) is 4.12. The van der Waals surface area contributed by atoms with Crippen LogP contribution in [0, 0.1) is 0 Å². The predicted molar refractivity (Wildman–Crippen MR) is 52.7 cm³/mol. The highest BCUT2D eigenvalue weighted by molar-refractivity contribution is 7.10. The van der Waals surface area contributed by atoms with Crippen molar-refractivity contribution >= 4 is 22.9 Å². The molecular weight excluding hydrogens is 194 g/mol. The lowest BCUT2D eigenvalue weighted by Crippen LogP contribution is -2.20. The molecule has 0 aromatic carbocycles. The molecule has 0 aliphatic heterocycles.